The minimum atomic E-state index is -3.59. The Morgan fingerprint density at radius 1 is 1.11 bits per heavy atom. The number of hydrogen-bond donors (Lipinski definition) is 2. The van der Waals surface area contributed by atoms with Crippen LogP contribution in [0.15, 0.2) is 0 Å². The van der Waals surface area contributed by atoms with Gasteiger partial charge in [0.1, 0.15) is 0 Å². The van der Waals surface area contributed by atoms with Gasteiger partial charge in [0.15, 0.2) is 0 Å². The third-order valence-electron chi connectivity index (χ3n) is 5.63. The maximum absolute atomic E-state index is 11.5. The van der Waals surface area contributed by atoms with Gasteiger partial charge in [-0.2, -0.15) is 13.1 Å². The molecule has 0 spiro atoms. The summed E-state index contributed by atoms with van der Waals surface area (Å²) in [6.45, 7) is 7.00. The lowest BCUT2D eigenvalue weighted by Crippen LogP contribution is -2.64. The molecule has 4 bridgehead atoms. The van der Waals surface area contributed by atoms with Gasteiger partial charge in [-0.25, -0.2) is 5.14 Å². The van der Waals surface area contributed by atoms with Crippen molar-refractivity contribution in [1.82, 2.24) is 4.72 Å². The Kier molecular flexibility index (Phi) is 2.88. The van der Waals surface area contributed by atoms with Gasteiger partial charge in [0.25, 0.3) is 10.2 Å². The molecule has 4 aliphatic rings. The van der Waals surface area contributed by atoms with Gasteiger partial charge in [0.05, 0.1) is 0 Å². The van der Waals surface area contributed by atoms with E-state index in [0.717, 1.165) is 25.2 Å². The standard InChI is InChI=1S/C14H26N2O2S/c1-13(2,3)12-10-4-9-5-11(12)8-14(6-9,7-10)16-19(15,17)18/h9-12,16H,4-8H2,1-3H3,(H2,15,17,18). The van der Waals surface area contributed by atoms with Crippen molar-refractivity contribution >= 4 is 10.2 Å². The molecule has 0 aromatic rings. The van der Waals surface area contributed by atoms with E-state index < -0.39 is 10.2 Å². The minimum absolute atomic E-state index is 0.230. The van der Waals surface area contributed by atoms with E-state index in [1.165, 1.54) is 12.8 Å². The summed E-state index contributed by atoms with van der Waals surface area (Å²) in [4.78, 5) is 0. The number of rotatable bonds is 2. The Morgan fingerprint density at radius 2 is 1.63 bits per heavy atom. The molecule has 4 rings (SSSR count). The first-order chi connectivity index (χ1) is 8.58. The van der Waals surface area contributed by atoms with E-state index in [1.54, 1.807) is 0 Å². The Morgan fingerprint density at radius 3 is 2.05 bits per heavy atom. The summed E-state index contributed by atoms with van der Waals surface area (Å²) in [6, 6.07) is 0. The van der Waals surface area contributed by atoms with E-state index in [0.29, 0.717) is 23.2 Å². The van der Waals surface area contributed by atoms with Gasteiger partial charge in [-0.3, -0.25) is 0 Å². The average Bonchev–Trinajstić information content (AvgIpc) is 2.07. The van der Waals surface area contributed by atoms with Crippen molar-refractivity contribution in [1.29, 1.82) is 0 Å². The highest BCUT2D eigenvalue weighted by molar-refractivity contribution is 7.87. The fraction of sp³-hybridized carbons (Fsp3) is 1.00. The normalized spacial score (nSPS) is 45.7. The molecule has 0 aromatic carbocycles. The van der Waals surface area contributed by atoms with Crippen LogP contribution in [0, 0.1) is 29.1 Å². The van der Waals surface area contributed by atoms with E-state index in [1.807, 2.05) is 0 Å². The molecule has 4 aliphatic carbocycles. The van der Waals surface area contributed by atoms with Crippen LogP contribution in [-0.2, 0) is 10.2 Å². The smallest absolute Gasteiger partial charge is 0.216 e. The Bertz CT molecular complexity index is 464. The fourth-order valence-corrected chi connectivity index (χ4v) is 6.72. The molecule has 0 aliphatic heterocycles. The fourth-order valence-electron chi connectivity index (χ4n) is 5.87. The second kappa shape index (κ2) is 3.95. The summed E-state index contributed by atoms with van der Waals surface area (Å²) in [5.41, 5.74) is 0.0945. The maximum Gasteiger partial charge on any atom is 0.274 e. The molecule has 5 heteroatoms. The third-order valence-corrected chi connectivity index (χ3v) is 6.35. The molecule has 0 amide bonds. The Hall–Kier alpha value is -0.130. The Labute approximate surface area is 116 Å². The summed E-state index contributed by atoms with van der Waals surface area (Å²) in [7, 11) is -3.59. The van der Waals surface area contributed by atoms with Gasteiger partial charge in [-0.05, 0) is 61.2 Å². The van der Waals surface area contributed by atoms with Crippen LogP contribution in [-0.4, -0.2) is 14.0 Å². The van der Waals surface area contributed by atoms with Crippen LogP contribution in [0.1, 0.15) is 52.9 Å². The van der Waals surface area contributed by atoms with Crippen molar-refractivity contribution in [2.45, 2.75) is 58.4 Å². The van der Waals surface area contributed by atoms with Crippen molar-refractivity contribution in [3.63, 3.8) is 0 Å². The SMILES string of the molecule is CC(C)(C)C1C2CC3CC1CC(NS(N)(=O)=O)(C3)C2. The van der Waals surface area contributed by atoms with Gasteiger partial charge in [0.2, 0.25) is 0 Å². The summed E-state index contributed by atoms with van der Waals surface area (Å²) >= 11 is 0. The zero-order valence-corrected chi connectivity index (χ0v) is 13.0. The average molecular weight is 286 g/mol. The number of nitrogens with one attached hydrogen (secondary N) is 1. The summed E-state index contributed by atoms with van der Waals surface area (Å²) < 4.78 is 25.7. The lowest BCUT2D eigenvalue weighted by molar-refractivity contribution is -0.0969. The first-order valence-electron chi connectivity index (χ1n) is 7.40. The lowest BCUT2D eigenvalue weighted by Gasteiger charge is -2.62. The van der Waals surface area contributed by atoms with Crippen molar-refractivity contribution in [3.05, 3.63) is 0 Å². The highest BCUT2D eigenvalue weighted by Crippen LogP contribution is 2.62. The second-order valence-corrected chi connectivity index (χ2v) is 9.58. The largest absolute Gasteiger partial charge is 0.274 e. The molecule has 4 fully saturated rings. The van der Waals surface area contributed by atoms with Crippen LogP contribution in [0.25, 0.3) is 0 Å². The van der Waals surface area contributed by atoms with Gasteiger partial charge in [0, 0.05) is 5.54 Å². The zero-order chi connectivity index (χ0) is 14.1. The van der Waals surface area contributed by atoms with Gasteiger partial charge >= 0.3 is 0 Å². The molecule has 0 radical (unpaired) electrons. The van der Waals surface area contributed by atoms with Gasteiger partial charge in [-0.15, -0.1) is 0 Å². The quantitative estimate of drug-likeness (QED) is 0.815. The molecule has 2 atom stereocenters. The van der Waals surface area contributed by atoms with Crippen LogP contribution in [0.5, 0.6) is 0 Å². The summed E-state index contributed by atoms with van der Waals surface area (Å²) in [6.07, 6.45) is 5.53. The van der Waals surface area contributed by atoms with Crippen LogP contribution >= 0.6 is 0 Å². The van der Waals surface area contributed by atoms with Gasteiger partial charge in [-0.1, -0.05) is 20.8 Å². The van der Waals surface area contributed by atoms with E-state index in [2.05, 4.69) is 25.5 Å². The van der Waals surface area contributed by atoms with E-state index >= 15 is 0 Å². The molecule has 3 N–H and O–H groups in total. The van der Waals surface area contributed by atoms with E-state index in [9.17, 15) is 8.42 Å². The second-order valence-electron chi connectivity index (χ2n) is 8.29. The molecular weight excluding hydrogens is 260 g/mol. The van der Waals surface area contributed by atoms with Crippen LogP contribution in [0.2, 0.25) is 0 Å². The van der Waals surface area contributed by atoms with Crippen LogP contribution in [0.3, 0.4) is 0 Å². The molecule has 110 valence electrons. The minimum Gasteiger partial charge on any atom is -0.216 e. The monoisotopic (exact) mass is 286 g/mol. The van der Waals surface area contributed by atoms with E-state index in [4.69, 9.17) is 5.14 Å². The van der Waals surface area contributed by atoms with Crippen molar-refractivity contribution in [3.8, 4) is 0 Å². The molecule has 0 saturated heterocycles. The molecule has 19 heavy (non-hydrogen) atoms. The summed E-state index contributed by atoms with van der Waals surface area (Å²) in [5, 5.41) is 5.24. The molecule has 0 heterocycles. The lowest BCUT2D eigenvalue weighted by atomic mass is 9.45. The first-order valence-corrected chi connectivity index (χ1v) is 8.94. The predicted octanol–water partition coefficient (Wildman–Crippen LogP) is 2.02. The molecule has 0 aromatic heterocycles. The van der Waals surface area contributed by atoms with Crippen molar-refractivity contribution in [2.75, 3.05) is 0 Å². The van der Waals surface area contributed by atoms with Crippen molar-refractivity contribution < 1.29 is 8.42 Å². The molecule has 4 nitrogen and oxygen atoms in total. The predicted molar refractivity (Wildman–Crippen MR) is 75.5 cm³/mol. The number of hydrogen-bond acceptors (Lipinski definition) is 2. The molecular formula is C14H26N2O2S. The van der Waals surface area contributed by atoms with Crippen LogP contribution in [0.4, 0.5) is 0 Å². The third kappa shape index (κ3) is 2.45. The molecule has 2 unspecified atom stereocenters. The highest BCUT2D eigenvalue weighted by Gasteiger charge is 2.58. The first kappa shape index (κ1) is 13.8. The van der Waals surface area contributed by atoms with Crippen molar-refractivity contribution in [2.24, 2.45) is 34.2 Å². The molecule has 4 saturated carbocycles. The van der Waals surface area contributed by atoms with Gasteiger partial charge < -0.3 is 0 Å². The van der Waals surface area contributed by atoms with Crippen LogP contribution < -0.4 is 9.86 Å². The summed E-state index contributed by atoms with van der Waals surface area (Å²) in [5.74, 6) is 2.77. The highest BCUT2D eigenvalue weighted by atomic mass is 32.2. The van der Waals surface area contributed by atoms with E-state index in [-0.39, 0.29) is 5.54 Å². The maximum atomic E-state index is 11.5. The topological polar surface area (TPSA) is 72.2 Å². The number of nitrogens with two attached hydrogens (primary N) is 1. The Balaban J connectivity index is 1.89. The zero-order valence-electron chi connectivity index (χ0n) is 12.1.